The Morgan fingerprint density at radius 2 is 1.29 bits per heavy atom. The van der Waals surface area contributed by atoms with Crippen LogP contribution in [0.15, 0.2) is 0 Å². The van der Waals surface area contributed by atoms with Crippen molar-refractivity contribution in [2.24, 2.45) is 0 Å². The van der Waals surface area contributed by atoms with Gasteiger partial charge in [0.05, 0.1) is 0 Å². The fraction of sp³-hybridized carbons (Fsp3) is 0. The molecule has 0 saturated carbocycles. The average Bonchev–Trinajstić information content (AvgIpc) is 2.10. The molecule has 0 radical (unpaired) electrons. The Hall–Kier alpha value is 1.14. The maximum atomic E-state index is 10.4. The van der Waals surface area contributed by atoms with Gasteiger partial charge in [-0.25, -0.2) is 9.59 Å². The van der Waals surface area contributed by atoms with Gasteiger partial charge in [-0.1, -0.05) is 0 Å². The van der Waals surface area contributed by atoms with Crippen molar-refractivity contribution in [3.8, 4) is 10.8 Å². The van der Waals surface area contributed by atoms with Crippen LogP contribution < -0.4 is 0 Å². The zero-order chi connectivity index (χ0) is 9.40. The van der Waals surface area contributed by atoms with Crippen LogP contribution in [0.2, 0.25) is 0 Å². The molecule has 0 aliphatic carbocycles. The van der Waals surface area contributed by atoms with Gasteiger partial charge in [-0.05, 0) is 0 Å². The molecule has 6 nitrogen and oxygen atoms in total. The van der Waals surface area contributed by atoms with Crippen molar-refractivity contribution in [3.05, 3.63) is 0 Å². The molecule has 0 aliphatic heterocycles. The molecular weight excluding hydrogens is 284 g/mol. The van der Waals surface area contributed by atoms with E-state index in [2.05, 4.69) is 8.37 Å². The number of thiocyanates is 2. The molecule has 0 spiro atoms. The van der Waals surface area contributed by atoms with Gasteiger partial charge in [0.1, 0.15) is 0 Å². The van der Waals surface area contributed by atoms with Gasteiger partial charge in [-0.3, -0.25) is 0 Å². The molecule has 0 N–H and O–H groups in total. The second-order valence-corrected chi connectivity index (χ2v) is 2.12. The predicted octanol–water partition coefficient (Wildman–Crippen LogP) is -1.28. The van der Waals surface area contributed by atoms with Crippen molar-refractivity contribution in [2.45, 2.75) is 0 Å². The summed E-state index contributed by atoms with van der Waals surface area (Å²) in [6.45, 7) is 0. The van der Waals surface area contributed by atoms with Crippen molar-refractivity contribution in [1.82, 2.24) is 0 Å². The van der Waals surface area contributed by atoms with E-state index >= 15 is 0 Å². The van der Waals surface area contributed by atoms with E-state index in [1.807, 2.05) is 0 Å². The van der Waals surface area contributed by atoms with E-state index in [0.29, 0.717) is 0 Å². The number of nitriles is 2. The standard InChI is InChI=1S/C4N2O4S2.2Ca.4H/c5-1-11-9-3(7)4(8)10-12-2-6;;;;;;/p+2. The van der Waals surface area contributed by atoms with Crippen molar-refractivity contribution in [3.63, 3.8) is 0 Å². The zero-order valence-corrected chi connectivity index (χ0v) is 6.98. The number of carbonyl (C=O) groups is 2. The smallest absolute Gasteiger partial charge is 1.00 e. The molecule has 0 rings (SSSR count). The van der Waals surface area contributed by atoms with Gasteiger partial charge in [0.15, 0.2) is 34.9 Å². The summed E-state index contributed by atoms with van der Waals surface area (Å²) >= 11 is 0.282. The molecule has 0 aromatic heterocycles. The van der Waals surface area contributed by atoms with Gasteiger partial charge in [0, 0.05) is 0 Å². The molecule has 14 heavy (non-hydrogen) atoms. The second-order valence-electron chi connectivity index (χ2n) is 1.09. The fourth-order valence-electron chi connectivity index (χ4n) is 0.181. The summed E-state index contributed by atoms with van der Waals surface area (Å²) in [6, 6.07) is 0. The topological polar surface area (TPSA) is 100 Å². The van der Waals surface area contributed by atoms with E-state index in [9.17, 15) is 9.59 Å². The molecule has 0 aromatic rings. The first-order chi connectivity index (χ1) is 5.72. The molecule has 0 saturated heterocycles. The zero-order valence-electron chi connectivity index (χ0n) is 7.34. The van der Waals surface area contributed by atoms with Crippen molar-refractivity contribution in [1.29, 1.82) is 10.5 Å². The molecule has 0 atom stereocenters. The summed E-state index contributed by atoms with van der Waals surface area (Å²) in [7, 11) is 0. The third kappa shape index (κ3) is 11.2. The fourth-order valence-corrected chi connectivity index (χ4v) is 0.543. The number of nitrogens with zero attached hydrogens (tertiary/aromatic N) is 2. The van der Waals surface area contributed by atoms with E-state index in [1.165, 1.54) is 10.8 Å². The number of carbonyl (C=O) groups excluding carboxylic acids is 2. The summed E-state index contributed by atoms with van der Waals surface area (Å²) in [5, 5.41) is 18.6. The first-order valence-corrected chi connectivity index (χ1v) is 3.74. The third-order valence-corrected chi connectivity index (χ3v) is 1.09. The second kappa shape index (κ2) is 14.1. The monoisotopic (exact) mass is 290 g/mol. The summed E-state index contributed by atoms with van der Waals surface area (Å²) in [6.07, 6.45) is 0. The maximum absolute atomic E-state index is 10.4. The Morgan fingerprint density at radius 1 is 1.00 bits per heavy atom. The van der Waals surface area contributed by atoms with Gasteiger partial charge < -0.3 is 8.37 Å². The van der Waals surface area contributed by atoms with Crippen LogP contribution in [0.4, 0.5) is 0 Å². The maximum Gasteiger partial charge on any atom is 1.00 e. The molecule has 70 valence electrons. The number of rotatable bonds is 2. The molecule has 10 heteroatoms. The first kappa shape index (κ1) is 20.5. The van der Waals surface area contributed by atoms with E-state index in [-0.39, 0.29) is 102 Å². The Balaban J connectivity index is -0.000000101. The van der Waals surface area contributed by atoms with Crippen LogP contribution in [0.3, 0.4) is 0 Å². The molecular formula is C4H6Ca2N2O4S2+2. The molecule has 0 unspecified atom stereocenters. The van der Waals surface area contributed by atoms with Crippen LogP contribution in [0.5, 0.6) is 0 Å². The largest absolute Gasteiger partial charge is 1.00 e. The molecule has 0 amide bonds. The predicted molar refractivity (Wildman–Crippen MR) is 57.9 cm³/mol. The molecule has 0 bridgehead atoms. The molecule has 0 aliphatic rings. The number of hydrogen-bond acceptors (Lipinski definition) is 8. The van der Waals surface area contributed by atoms with Crippen molar-refractivity contribution in [2.75, 3.05) is 0 Å². The van der Waals surface area contributed by atoms with Gasteiger partial charge in [0.25, 0.3) is 0 Å². The number of hydrogen-bond donors (Lipinski definition) is 0. The van der Waals surface area contributed by atoms with E-state index in [1.54, 1.807) is 0 Å². The van der Waals surface area contributed by atoms with Gasteiger partial charge in [-0.2, -0.15) is 10.5 Å². The summed E-state index contributed by atoms with van der Waals surface area (Å²) in [5.74, 6) is -2.66. The summed E-state index contributed by atoms with van der Waals surface area (Å²) < 4.78 is 7.94. The van der Waals surface area contributed by atoms with Gasteiger partial charge in [-0.15, -0.1) is 0 Å². The van der Waals surface area contributed by atoms with Crippen molar-refractivity contribution < 1.29 is 20.8 Å². The summed E-state index contributed by atoms with van der Waals surface area (Å²) in [5.41, 5.74) is 0. The quantitative estimate of drug-likeness (QED) is 0.268. The third-order valence-electron chi connectivity index (χ3n) is 0.476. The average molecular weight is 290 g/mol. The Bertz CT molecular complexity index is 254. The minimum absolute atomic E-state index is 0. The van der Waals surface area contributed by atoms with E-state index < -0.39 is 11.9 Å². The Morgan fingerprint density at radius 3 is 1.50 bits per heavy atom. The minimum atomic E-state index is -1.33. The Kier molecular flexibility index (Phi) is 20.7. The first-order valence-electron chi connectivity index (χ1n) is 2.26. The van der Waals surface area contributed by atoms with Crippen LogP contribution in [0.1, 0.15) is 2.85 Å². The minimum Gasteiger partial charge on any atom is 1.00 e. The Labute approximate surface area is 151 Å². The molecule has 0 aromatic carbocycles. The van der Waals surface area contributed by atoms with Crippen LogP contribution in [-0.4, -0.2) is 87.4 Å². The SMILES string of the molecule is N#CSOC(=O)C(=O)OSC#N.[CaH2].[CaH2].[H+].[H+]. The van der Waals surface area contributed by atoms with Crippen LogP contribution in [-0.2, 0) is 18.0 Å². The van der Waals surface area contributed by atoms with Crippen LogP contribution >= 0.6 is 24.1 Å². The van der Waals surface area contributed by atoms with E-state index in [4.69, 9.17) is 10.5 Å². The molecule has 0 heterocycles. The molecule has 0 fully saturated rings. The summed E-state index contributed by atoms with van der Waals surface area (Å²) in [4.78, 5) is 20.8. The van der Waals surface area contributed by atoms with Crippen molar-refractivity contribution >= 4 is 112 Å². The van der Waals surface area contributed by atoms with Gasteiger partial charge in [0.2, 0.25) is 0 Å². The normalized spacial score (nSPS) is 6.43. The van der Waals surface area contributed by atoms with Crippen LogP contribution in [0, 0.1) is 21.3 Å². The van der Waals surface area contributed by atoms with Gasteiger partial charge >= 0.3 is 90.3 Å². The van der Waals surface area contributed by atoms with Crippen LogP contribution in [0.25, 0.3) is 0 Å². The van der Waals surface area contributed by atoms with E-state index in [0.717, 1.165) is 0 Å².